The molecule has 0 saturated carbocycles. The molecule has 25 heavy (non-hydrogen) atoms. The van der Waals surface area contributed by atoms with Crippen LogP contribution < -0.4 is 14.2 Å². The Bertz CT molecular complexity index is 729. The van der Waals surface area contributed by atoms with Gasteiger partial charge in [-0.25, -0.2) is 0 Å². The number of benzene rings is 1. The van der Waals surface area contributed by atoms with Crippen molar-refractivity contribution in [2.45, 2.75) is 11.9 Å². The SMILES string of the molecule is COc1cc(C2SCC(=O)N2Cc2cccnc2)cc(OC)c1OC. The number of ether oxygens (including phenoxy) is 3. The molecule has 0 aliphatic carbocycles. The van der Waals surface area contributed by atoms with Crippen LogP contribution in [0, 0.1) is 0 Å². The van der Waals surface area contributed by atoms with Crippen molar-refractivity contribution in [3.05, 3.63) is 47.8 Å². The summed E-state index contributed by atoms with van der Waals surface area (Å²) < 4.78 is 16.2. The number of methoxy groups -OCH3 is 3. The minimum Gasteiger partial charge on any atom is -0.493 e. The molecule has 1 amide bonds. The number of pyridine rings is 1. The Hall–Kier alpha value is -2.41. The van der Waals surface area contributed by atoms with E-state index >= 15 is 0 Å². The molecule has 132 valence electrons. The fraction of sp³-hybridized carbons (Fsp3) is 0.333. The van der Waals surface area contributed by atoms with Crippen molar-refractivity contribution >= 4 is 17.7 Å². The molecule has 1 atom stereocenters. The molecule has 3 rings (SSSR count). The molecule has 1 aliphatic rings. The van der Waals surface area contributed by atoms with Crippen molar-refractivity contribution in [1.82, 2.24) is 9.88 Å². The molecule has 1 aliphatic heterocycles. The van der Waals surface area contributed by atoms with Crippen LogP contribution in [-0.4, -0.2) is 42.9 Å². The van der Waals surface area contributed by atoms with Crippen LogP contribution in [0.2, 0.25) is 0 Å². The van der Waals surface area contributed by atoms with Crippen molar-refractivity contribution in [2.24, 2.45) is 0 Å². The van der Waals surface area contributed by atoms with E-state index in [1.807, 2.05) is 29.2 Å². The van der Waals surface area contributed by atoms with Gasteiger partial charge in [-0.1, -0.05) is 6.07 Å². The summed E-state index contributed by atoms with van der Waals surface area (Å²) in [5.41, 5.74) is 1.94. The molecule has 1 unspecified atom stereocenters. The highest BCUT2D eigenvalue weighted by Gasteiger charge is 2.34. The lowest BCUT2D eigenvalue weighted by molar-refractivity contribution is -0.128. The monoisotopic (exact) mass is 360 g/mol. The molecule has 6 nitrogen and oxygen atoms in total. The zero-order chi connectivity index (χ0) is 17.8. The quantitative estimate of drug-likeness (QED) is 0.789. The molecule has 1 aromatic carbocycles. The smallest absolute Gasteiger partial charge is 0.234 e. The molecular weight excluding hydrogens is 340 g/mol. The highest BCUT2D eigenvalue weighted by Crippen LogP contribution is 2.46. The molecule has 0 spiro atoms. The number of carbonyl (C=O) groups excluding carboxylic acids is 1. The Morgan fingerprint density at radius 1 is 1.20 bits per heavy atom. The zero-order valence-electron chi connectivity index (χ0n) is 14.4. The van der Waals surface area contributed by atoms with E-state index in [2.05, 4.69) is 4.98 Å². The number of amides is 1. The number of carbonyl (C=O) groups is 1. The lowest BCUT2D eigenvalue weighted by Crippen LogP contribution is -2.27. The lowest BCUT2D eigenvalue weighted by Gasteiger charge is -2.25. The average molecular weight is 360 g/mol. The summed E-state index contributed by atoms with van der Waals surface area (Å²) in [6, 6.07) is 7.63. The van der Waals surface area contributed by atoms with E-state index in [1.54, 1.807) is 45.5 Å². The van der Waals surface area contributed by atoms with Crippen LogP contribution in [0.1, 0.15) is 16.5 Å². The maximum atomic E-state index is 12.4. The third-order valence-electron chi connectivity index (χ3n) is 4.02. The summed E-state index contributed by atoms with van der Waals surface area (Å²) in [7, 11) is 4.74. The van der Waals surface area contributed by atoms with Gasteiger partial charge in [-0.05, 0) is 29.3 Å². The molecule has 2 aromatic rings. The van der Waals surface area contributed by atoms with Crippen molar-refractivity contribution < 1.29 is 19.0 Å². The van der Waals surface area contributed by atoms with Gasteiger partial charge in [0, 0.05) is 18.9 Å². The third-order valence-corrected chi connectivity index (χ3v) is 5.27. The molecule has 0 N–H and O–H groups in total. The highest BCUT2D eigenvalue weighted by atomic mass is 32.2. The van der Waals surface area contributed by atoms with Crippen LogP contribution in [0.4, 0.5) is 0 Å². The van der Waals surface area contributed by atoms with Gasteiger partial charge in [0.2, 0.25) is 11.7 Å². The van der Waals surface area contributed by atoms with Gasteiger partial charge in [-0.3, -0.25) is 9.78 Å². The largest absolute Gasteiger partial charge is 0.493 e. The van der Waals surface area contributed by atoms with Crippen LogP contribution in [0.3, 0.4) is 0 Å². The minimum absolute atomic E-state index is 0.104. The molecule has 1 fully saturated rings. The van der Waals surface area contributed by atoms with Crippen molar-refractivity contribution in [3.8, 4) is 17.2 Å². The average Bonchev–Trinajstić information content (AvgIpc) is 3.01. The van der Waals surface area contributed by atoms with E-state index in [-0.39, 0.29) is 11.3 Å². The highest BCUT2D eigenvalue weighted by molar-refractivity contribution is 8.00. The van der Waals surface area contributed by atoms with Crippen LogP contribution in [0.5, 0.6) is 17.2 Å². The Morgan fingerprint density at radius 2 is 1.92 bits per heavy atom. The second kappa shape index (κ2) is 7.65. The fourth-order valence-corrected chi connectivity index (χ4v) is 4.00. The molecule has 1 aromatic heterocycles. The van der Waals surface area contributed by atoms with E-state index in [0.29, 0.717) is 29.5 Å². The third kappa shape index (κ3) is 3.51. The van der Waals surface area contributed by atoms with Crippen LogP contribution in [-0.2, 0) is 11.3 Å². The Labute approximate surface area is 151 Å². The second-order valence-corrected chi connectivity index (χ2v) is 6.57. The number of rotatable bonds is 6. The van der Waals surface area contributed by atoms with Gasteiger partial charge >= 0.3 is 0 Å². The van der Waals surface area contributed by atoms with Crippen LogP contribution in [0.15, 0.2) is 36.7 Å². The van der Waals surface area contributed by atoms with Gasteiger partial charge in [-0.2, -0.15) is 0 Å². The first kappa shape index (κ1) is 17.4. The number of aromatic nitrogens is 1. The summed E-state index contributed by atoms with van der Waals surface area (Å²) in [6.45, 7) is 0.515. The number of hydrogen-bond donors (Lipinski definition) is 0. The first-order valence-corrected chi connectivity index (χ1v) is 8.82. The van der Waals surface area contributed by atoms with E-state index in [1.165, 1.54) is 0 Å². The standard InChI is InChI=1S/C18H20N2O4S/c1-22-14-7-13(8-15(23-2)17(14)24-3)18-20(16(21)11-25-18)10-12-5-4-6-19-9-12/h4-9,18H,10-11H2,1-3H3. The second-order valence-electron chi connectivity index (χ2n) is 5.50. The minimum atomic E-state index is -0.110. The fourth-order valence-electron chi connectivity index (χ4n) is 2.83. The Kier molecular flexibility index (Phi) is 5.33. The van der Waals surface area contributed by atoms with E-state index in [0.717, 1.165) is 11.1 Å². The normalized spacial score (nSPS) is 16.8. The first-order chi connectivity index (χ1) is 12.2. The molecular formula is C18H20N2O4S. The lowest BCUT2D eigenvalue weighted by atomic mass is 10.1. The Morgan fingerprint density at radius 3 is 2.48 bits per heavy atom. The van der Waals surface area contributed by atoms with Crippen molar-refractivity contribution in [3.63, 3.8) is 0 Å². The van der Waals surface area contributed by atoms with Crippen LogP contribution >= 0.6 is 11.8 Å². The summed E-state index contributed by atoms with van der Waals surface area (Å²) in [5, 5.41) is -0.110. The van der Waals surface area contributed by atoms with Crippen molar-refractivity contribution in [2.75, 3.05) is 27.1 Å². The topological polar surface area (TPSA) is 60.9 Å². The van der Waals surface area contributed by atoms with Gasteiger partial charge in [-0.15, -0.1) is 11.8 Å². The maximum Gasteiger partial charge on any atom is 0.234 e. The summed E-state index contributed by atoms with van der Waals surface area (Å²) in [5.74, 6) is 2.26. The first-order valence-electron chi connectivity index (χ1n) is 7.77. The molecule has 2 heterocycles. The van der Waals surface area contributed by atoms with Gasteiger partial charge < -0.3 is 19.1 Å². The zero-order valence-corrected chi connectivity index (χ0v) is 15.2. The van der Waals surface area contributed by atoms with Crippen molar-refractivity contribution in [1.29, 1.82) is 0 Å². The predicted molar refractivity (Wildman–Crippen MR) is 96.1 cm³/mol. The number of hydrogen-bond acceptors (Lipinski definition) is 6. The maximum absolute atomic E-state index is 12.4. The van der Waals surface area contributed by atoms with Gasteiger partial charge in [0.1, 0.15) is 5.37 Å². The number of nitrogens with zero attached hydrogens (tertiary/aromatic N) is 2. The van der Waals surface area contributed by atoms with E-state index in [4.69, 9.17) is 14.2 Å². The van der Waals surface area contributed by atoms with Gasteiger partial charge in [0.15, 0.2) is 11.5 Å². The molecule has 7 heteroatoms. The molecule has 0 bridgehead atoms. The Balaban J connectivity index is 1.95. The van der Waals surface area contributed by atoms with Gasteiger partial charge in [0.25, 0.3) is 0 Å². The van der Waals surface area contributed by atoms with Gasteiger partial charge in [0.05, 0.1) is 27.1 Å². The van der Waals surface area contributed by atoms with E-state index < -0.39 is 0 Å². The summed E-state index contributed by atoms with van der Waals surface area (Å²) in [4.78, 5) is 18.4. The predicted octanol–water partition coefficient (Wildman–Crippen LogP) is 2.88. The molecule has 1 saturated heterocycles. The summed E-state index contributed by atoms with van der Waals surface area (Å²) in [6.07, 6.45) is 3.50. The van der Waals surface area contributed by atoms with E-state index in [9.17, 15) is 4.79 Å². The number of thioether (sulfide) groups is 1. The molecule has 0 radical (unpaired) electrons. The van der Waals surface area contributed by atoms with Crippen LogP contribution in [0.25, 0.3) is 0 Å². The summed E-state index contributed by atoms with van der Waals surface area (Å²) >= 11 is 1.59.